The number of sulfonamides is 1. The van der Waals surface area contributed by atoms with Crippen molar-refractivity contribution in [3.8, 4) is 0 Å². The highest BCUT2D eigenvalue weighted by Gasteiger charge is 2.31. The molecule has 0 saturated carbocycles. The van der Waals surface area contributed by atoms with Crippen molar-refractivity contribution in [3.63, 3.8) is 0 Å². The minimum Gasteiger partial charge on any atom is -0.480 e. The van der Waals surface area contributed by atoms with Gasteiger partial charge in [0.25, 0.3) is 0 Å². The molecule has 3 rings (SSSR count). The lowest BCUT2D eigenvalue weighted by Crippen LogP contribution is -2.35. The molecule has 3 aromatic heterocycles. The first kappa shape index (κ1) is 16.4. The molecule has 0 radical (unpaired) electrons. The van der Waals surface area contributed by atoms with Gasteiger partial charge in [-0.25, -0.2) is 13.4 Å². The van der Waals surface area contributed by atoms with Gasteiger partial charge in [-0.3, -0.25) is 9.48 Å². The third kappa shape index (κ3) is 2.75. The van der Waals surface area contributed by atoms with Gasteiger partial charge in [-0.15, -0.1) is 0 Å². The third-order valence-corrected chi connectivity index (χ3v) is 5.21. The highest BCUT2D eigenvalue weighted by atomic mass is 35.5. The van der Waals surface area contributed by atoms with E-state index in [1.807, 2.05) is 0 Å². The van der Waals surface area contributed by atoms with Crippen molar-refractivity contribution in [2.45, 2.75) is 10.9 Å². The molecule has 3 heterocycles. The number of aryl methyl sites for hydroxylation is 1. The summed E-state index contributed by atoms with van der Waals surface area (Å²) < 4.78 is 28.8. The maximum atomic E-state index is 12.7. The first-order chi connectivity index (χ1) is 11.3. The van der Waals surface area contributed by atoms with E-state index in [0.717, 1.165) is 0 Å². The fourth-order valence-corrected chi connectivity index (χ4v) is 3.98. The van der Waals surface area contributed by atoms with Crippen LogP contribution in [-0.2, 0) is 21.9 Å². The van der Waals surface area contributed by atoms with E-state index >= 15 is 0 Å². The number of nitrogens with one attached hydrogen (secondary N) is 2. The van der Waals surface area contributed by atoms with Crippen LogP contribution in [0.5, 0.6) is 0 Å². The standard InChI is InChI=1S/C13H12ClN5O4S/c1-19-8(3-5-17-19)11(13(20)21)18-24(22,23)9-6-16-12-10(9)7(14)2-4-15-12/h2-6,11,18H,1H3,(H,15,16)(H,20,21). The molecular formula is C13H12ClN5O4S. The Morgan fingerprint density at radius 1 is 1.42 bits per heavy atom. The number of nitrogens with zero attached hydrogens (tertiary/aromatic N) is 3. The molecule has 0 spiro atoms. The van der Waals surface area contributed by atoms with E-state index in [2.05, 4.69) is 19.8 Å². The number of carboxylic acids is 1. The summed E-state index contributed by atoms with van der Waals surface area (Å²) in [6.45, 7) is 0. The van der Waals surface area contributed by atoms with Crippen LogP contribution in [0.15, 0.2) is 35.6 Å². The van der Waals surface area contributed by atoms with E-state index < -0.39 is 22.0 Å². The Balaban J connectivity index is 2.07. The largest absolute Gasteiger partial charge is 0.480 e. The number of rotatable bonds is 5. The average molecular weight is 370 g/mol. The Kier molecular flexibility index (Phi) is 4.03. The smallest absolute Gasteiger partial charge is 0.327 e. The minimum atomic E-state index is -4.18. The van der Waals surface area contributed by atoms with Crippen LogP contribution in [0.4, 0.5) is 0 Å². The van der Waals surface area contributed by atoms with Gasteiger partial charge in [0.15, 0.2) is 6.04 Å². The summed E-state index contributed by atoms with van der Waals surface area (Å²) in [7, 11) is -2.66. The van der Waals surface area contributed by atoms with E-state index in [4.69, 9.17) is 11.6 Å². The molecule has 24 heavy (non-hydrogen) atoms. The summed E-state index contributed by atoms with van der Waals surface area (Å²) in [4.78, 5) is 18.0. The number of aromatic nitrogens is 4. The number of carboxylic acid groups (broad SMARTS) is 1. The molecule has 1 atom stereocenters. The van der Waals surface area contributed by atoms with Crippen LogP contribution in [-0.4, -0.2) is 39.2 Å². The van der Waals surface area contributed by atoms with E-state index in [0.29, 0.717) is 0 Å². The van der Waals surface area contributed by atoms with Crippen LogP contribution >= 0.6 is 11.6 Å². The minimum absolute atomic E-state index is 0.177. The molecule has 0 aliphatic rings. The normalized spacial score (nSPS) is 13.2. The summed E-state index contributed by atoms with van der Waals surface area (Å²) in [6.07, 6.45) is 4.03. The highest BCUT2D eigenvalue weighted by Crippen LogP contribution is 2.29. The van der Waals surface area contributed by atoms with Gasteiger partial charge in [0.2, 0.25) is 10.0 Å². The summed E-state index contributed by atoms with van der Waals surface area (Å²) in [5, 5.41) is 13.6. The second kappa shape index (κ2) is 5.89. The summed E-state index contributed by atoms with van der Waals surface area (Å²) in [6, 6.07) is 1.38. The maximum Gasteiger partial charge on any atom is 0.327 e. The topological polar surface area (TPSA) is 130 Å². The van der Waals surface area contributed by atoms with Gasteiger partial charge in [-0.2, -0.15) is 9.82 Å². The molecule has 0 aliphatic carbocycles. The lowest BCUT2D eigenvalue weighted by Gasteiger charge is -2.14. The average Bonchev–Trinajstić information content (AvgIpc) is 3.12. The molecule has 0 amide bonds. The van der Waals surface area contributed by atoms with Crippen LogP contribution in [0, 0.1) is 0 Å². The lowest BCUT2D eigenvalue weighted by atomic mass is 10.2. The molecule has 1 unspecified atom stereocenters. The van der Waals surface area contributed by atoms with Crippen molar-refractivity contribution >= 4 is 38.6 Å². The van der Waals surface area contributed by atoms with Gasteiger partial charge in [0.1, 0.15) is 10.5 Å². The second-order valence-electron chi connectivity index (χ2n) is 4.94. The van der Waals surface area contributed by atoms with Gasteiger partial charge in [-0.1, -0.05) is 11.6 Å². The number of hydrogen-bond acceptors (Lipinski definition) is 5. The Morgan fingerprint density at radius 2 is 2.17 bits per heavy atom. The SMILES string of the molecule is Cn1nccc1C(NS(=O)(=O)c1c[nH]c2nccc(Cl)c12)C(=O)O. The van der Waals surface area contributed by atoms with E-state index in [9.17, 15) is 18.3 Å². The third-order valence-electron chi connectivity index (χ3n) is 3.45. The van der Waals surface area contributed by atoms with Crippen molar-refractivity contribution in [2.75, 3.05) is 0 Å². The van der Waals surface area contributed by atoms with Crippen molar-refractivity contribution in [1.29, 1.82) is 0 Å². The predicted molar refractivity (Wildman–Crippen MR) is 85.0 cm³/mol. The summed E-state index contributed by atoms with van der Waals surface area (Å²) >= 11 is 6.05. The Bertz CT molecular complexity index is 1030. The Labute approximate surface area is 141 Å². The van der Waals surface area contributed by atoms with Gasteiger partial charge in [0, 0.05) is 25.6 Å². The number of fused-ring (bicyclic) bond motifs is 1. The fraction of sp³-hybridized carbons (Fsp3) is 0.154. The van der Waals surface area contributed by atoms with Crippen LogP contribution < -0.4 is 4.72 Å². The molecule has 126 valence electrons. The molecule has 11 heteroatoms. The molecule has 0 bridgehead atoms. The number of hydrogen-bond donors (Lipinski definition) is 3. The number of H-pyrrole nitrogens is 1. The van der Waals surface area contributed by atoms with Crippen molar-refractivity contribution in [2.24, 2.45) is 7.05 Å². The Morgan fingerprint density at radius 3 is 2.79 bits per heavy atom. The number of halogens is 1. The van der Waals surface area contributed by atoms with Gasteiger partial charge >= 0.3 is 5.97 Å². The van der Waals surface area contributed by atoms with Crippen molar-refractivity contribution < 1.29 is 18.3 Å². The highest BCUT2D eigenvalue weighted by molar-refractivity contribution is 7.89. The zero-order chi connectivity index (χ0) is 17.5. The predicted octanol–water partition coefficient (Wildman–Crippen LogP) is 1.05. The van der Waals surface area contributed by atoms with Crippen LogP contribution in [0.1, 0.15) is 11.7 Å². The molecule has 9 nitrogen and oxygen atoms in total. The van der Waals surface area contributed by atoms with Gasteiger partial charge < -0.3 is 10.1 Å². The fourth-order valence-electron chi connectivity index (χ4n) is 2.32. The summed E-state index contributed by atoms with van der Waals surface area (Å²) in [5.41, 5.74) is 0.477. The van der Waals surface area contributed by atoms with Gasteiger partial charge in [-0.05, 0) is 12.1 Å². The molecule has 0 aromatic carbocycles. The van der Waals surface area contributed by atoms with E-state index in [1.165, 1.54) is 42.5 Å². The zero-order valence-corrected chi connectivity index (χ0v) is 13.8. The molecule has 0 aliphatic heterocycles. The number of carbonyl (C=O) groups is 1. The van der Waals surface area contributed by atoms with Crippen molar-refractivity contribution in [1.82, 2.24) is 24.5 Å². The first-order valence-electron chi connectivity index (χ1n) is 6.66. The first-order valence-corrected chi connectivity index (χ1v) is 8.52. The molecule has 3 aromatic rings. The van der Waals surface area contributed by atoms with Crippen LogP contribution in [0.2, 0.25) is 5.02 Å². The van der Waals surface area contributed by atoms with Crippen LogP contribution in [0.25, 0.3) is 11.0 Å². The maximum absolute atomic E-state index is 12.7. The van der Waals surface area contributed by atoms with Crippen molar-refractivity contribution in [3.05, 3.63) is 41.4 Å². The molecular weight excluding hydrogens is 358 g/mol. The van der Waals surface area contributed by atoms with E-state index in [1.54, 1.807) is 0 Å². The number of pyridine rings is 1. The lowest BCUT2D eigenvalue weighted by molar-refractivity contribution is -0.139. The molecule has 0 saturated heterocycles. The van der Waals surface area contributed by atoms with Crippen LogP contribution in [0.3, 0.4) is 0 Å². The monoisotopic (exact) mass is 369 g/mol. The van der Waals surface area contributed by atoms with E-state index in [-0.39, 0.29) is 26.6 Å². The quantitative estimate of drug-likeness (QED) is 0.616. The molecule has 3 N–H and O–H groups in total. The number of aliphatic carboxylic acids is 1. The Hall–Kier alpha value is -2.43. The second-order valence-corrected chi connectivity index (χ2v) is 7.03. The summed E-state index contributed by atoms with van der Waals surface area (Å²) in [5.74, 6) is -1.36. The zero-order valence-electron chi connectivity index (χ0n) is 12.3. The number of aromatic amines is 1. The molecule has 0 fully saturated rings. The van der Waals surface area contributed by atoms with Gasteiger partial charge in [0.05, 0.1) is 16.1 Å².